The predicted octanol–water partition coefficient (Wildman–Crippen LogP) is 5.56. The Kier molecular flexibility index (Phi) is 6.63. The smallest absolute Gasteiger partial charge is 0.254 e. The summed E-state index contributed by atoms with van der Waals surface area (Å²) in [4.78, 5) is 23.4. The van der Waals surface area contributed by atoms with Crippen molar-refractivity contribution >= 4 is 5.91 Å². The van der Waals surface area contributed by atoms with E-state index in [2.05, 4.69) is 16.0 Å². The zero-order valence-electron chi connectivity index (χ0n) is 20.8. The molecule has 1 amide bonds. The maximum absolute atomic E-state index is 15.7. The van der Waals surface area contributed by atoms with Crippen molar-refractivity contribution in [2.45, 2.75) is 51.1 Å². The number of piperidine rings is 1. The summed E-state index contributed by atoms with van der Waals surface area (Å²) in [6, 6.07) is 12.7. The van der Waals surface area contributed by atoms with Gasteiger partial charge in [0.05, 0.1) is 23.5 Å². The number of nitrogens with zero attached hydrogens (tertiary/aromatic N) is 3. The lowest BCUT2D eigenvalue weighted by molar-refractivity contribution is 0.0421. The van der Waals surface area contributed by atoms with Crippen molar-refractivity contribution in [1.82, 2.24) is 14.9 Å². The van der Waals surface area contributed by atoms with Crippen molar-refractivity contribution in [3.05, 3.63) is 76.2 Å². The molecule has 2 aliphatic heterocycles. The van der Waals surface area contributed by atoms with Gasteiger partial charge in [0.1, 0.15) is 11.5 Å². The Bertz CT molecular complexity index is 1290. The summed E-state index contributed by atoms with van der Waals surface area (Å²) in [5, 5.41) is 9.00. The molecule has 3 aromatic rings. The topological polar surface area (TPSA) is 82.0 Å². The predicted molar refractivity (Wildman–Crippen MR) is 135 cm³/mol. The number of hydrogen-bond donors (Lipinski definition) is 1. The number of nitriles is 1. The number of rotatable bonds is 4. The Morgan fingerprint density at radius 1 is 1.14 bits per heavy atom. The van der Waals surface area contributed by atoms with Crippen molar-refractivity contribution in [2.75, 3.05) is 26.3 Å². The quantitative estimate of drug-likeness (QED) is 0.523. The molecule has 1 aromatic heterocycles. The van der Waals surface area contributed by atoms with Gasteiger partial charge in [-0.05, 0) is 61.6 Å². The fourth-order valence-electron chi connectivity index (χ4n) is 5.39. The van der Waals surface area contributed by atoms with Gasteiger partial charge in [-0.3, -0.25) is 4.79 Å². The van der Waals surface area contributed by atoms with E-state index in [-0.39, 0.29) is 18.7 Å². The number of carbonyl (C=O) groups is 1. The summed E-state index contributed by atoms with van der Waals surface area (Å²) in [5.41, 5.74) is 4.09. The van der Waals surface area contributed by atoms with Gasteiger partial charge in [0.25, 0.3) is 5.91 Å². The average molecular weight is 487 g/mol. The minimum atomic E-state index is -1.49. The van der Waals surface area contributed by atoms with E-state index in [1.54, 1.807) is 29.2 Å². The molecule has 0 aliphatic carbocycles. The van der Waals surface area contributed by atoms with Crippen molar-refractivity contribution in [2.24, 2.45) is 0 Å². The summed E-state index contributed by atoms with van der Waals surface area (Å²) in [6.45, 7) is 6.19. The number of aromatic amines is 1. The molecule has 6 nitrogen and oxygen atoms in total. The van der Waals surface area contributed by atoms with Crippen LogP contribution < -0.4 is 0 Å². The van der Waals surface area contributed by atoms with E-state index in [1.165, 1.54) is 0 Å². The second-order valence-corrected chi connectivity index (χ2v) is 10.00. The first kappa shape index (κ1) is 24.2. The number of aryl methyl sites for hydroxylation is 2. The van der Waals surface area contributed by atoms with Gasteiger partial charge in [-0.2, -0.15) is 5.26 Å². The minimum absolute atomic E-state index is 0.0696. The molecule has 2 aromatic carbocycles. The van der Waals surface area contributed by atoms with Crippen molar-refractivity contribution in [1.29, 1.82) is 5.26 Å². The van der Waals surface area contributed by atoms with Gasteiger partial charge < -0.3 is 14.6 Å². The maximum atomic E-state index is 15.7. The number of benzene rings is 2. The monoisotopic (exact) mass is 486 g/mol. The van der Waals surface area contributed by atoms with Gasteiger partial charge in [0.15, 0.2) is 0 Å². The van der Waals surface area contributed by atoms with E-state index in [9.17, 15) is 4.79 Å². The molecular formula is C29H31FN4O2. The summed E-state index contributed by atoms with van der Waals surface area (Å²) in [7, 11) is 0. The Hall–Kier alpha value is -3.50. The van der Waals surface area contributed by atoms with Gasteiger partial charge in [-0.25, -0.2) is 9.37 Å². The highest BCUT2D eigenvalue weighted by Crippen LogP contribution is 2.38. The zero-order valence-corrected chi connectivity index (χ0v) is 20.8. The highest BCUT2D eigenvalue weighted by atomic mass is 19.1. The van der Waals surface area contributed by atoms with Crippen LogP contribution in [-0.2, 0) is 10.4 Å². The number of imidazole rings is 1. The number of aromatic nitrogens is 2. The molecule has 3 heterocycles. The molecule has 5 rings (SSSR count). The highest BCUT2D eigenvalue weighted by Gasteiger charge is 2.38. The number of hydrogen-bond acceptors (Lipinski definition) is 4. The van der Waals surface area contributed by atoms with Crippen LogP contribution in [0.25, 0.3) is 11.3 Å². The number of ether oxygens (including phenoxy) is 1. The summed E-state index contributed by atoms with van der Waals surface area (Å²) in [5.74, 6) is 1.27. The first-order valence-corrected chi connectivity index (χ1v) is 12.6. The second kappa shape index (κ2) is 9.87. The van der Waals surface area contributed by atoms with Crippen LogP contribution in [0.4, 0.5) is 4.39 Å². The van der Waals surface area contributed by atoms with Crippen LogP contribution in [0.3, 0.4) is 0 Å². The number of halogens is 1. The third-order valence-electron chi connectivity index (χ3n) is 7.67. The van der Waals surface area contributed by atoms with Gasteiger partial charge >= 0.3 is 0 Å². The fraction of sp³-hybridized carbons (Fsp3) is 0.414. The lowest BCUT2D eigenvalue weighted by Gasteiger charge is -2.37. The number of nitrogens with one attached hydrogen (secondary N) is 1. The Labute approximate surface area is 211 Å². The third-order valence-corrected chi connectivity index (χ3v) is 7.67. The van der Waals surface area contributed by atoms with Crippen molar-refractivity contribution in [3.8, 4) is 17.3 Å². The first-order chi connectivity index (χ1) is 17.4. The molecule has 0 saturated carbocycles. The van der Waals surface area contributed by atoms with Crippen LogP contribution in [-0.4, -0.2) is 47.1 Å². The van der Waals surface area contributed by atoms with Crippen molar-refractivity contribution in [3.63, 3.8) is 0 Å². The van der Waals surface area contributed by atoms with Gasteiger partial charge in [0, 0.05) is 56.2 Å². The van der Waals surface area contributed by atoms with Crippen LogP contribution in [0.15, 0.2) is 42.6 Å². The van der Waals surface area contributed by atoms with Crippen molar-refractivity contribution < 1.29 is 13.9 Å². The lowest BCUT2D eigenvalue weighted by atomic mass is 9.85. The number of alkyl halides is 1. The van der Waals surface area contributed by atoms with Crippen LogP contribution in [0, 0.1) is 25.2 Å². The highest BCUT2D eigenvalue weighted by molar-refractivity contribution is 5.97. The standard InChI is InChI=1S/C29H31FN4O2/c1-19-15-20(2)25(16-24(19)26-18-32-27(33-26)22-7-13-36-14-8-22)28(35)34-11-9-29(30,10-12-34)23-5-3-21(17-31)4-6-23/h3-6,15-16,18,22H,7-14H2,1-2H3,(H,32,33). The minimum Gasteiger partial charge on any atom is -0.381 e. The van der Waals surface area contributed by atoms with Crippen LogP contribution >= 0.6 is 0 Å². The fourth-order valence-corrected chi connectivity index (χ4v) is 5.39. The van der Waals surface area contributed by atoms with E-state index < -0.39 is 5.67 Å². The van der Waals surface area contributed by atoms with E-state index in [4.69, 9.17) is 10.00 Å². The molecule has 0 bridgehead atoms. The van der Waals surface area contributed by atoms with E-state index in [0.717, 1.165) is 54.3 Å². The largest absolute Gasteiger partial charge is 0.381 e. The number of amides is 1. The Morgan fingerprint density at radius 2 is 1.83 bits per heavy atom. The normalized spacial score (nSPS) is 18.1. The summed E-state index contributed by atoms with van der Waals surface area (Å²) < 4.78 is 21.2. The van der Waals surface area contributed by atoms with Gasteiger partial charge in [-0.15, -0.1) is 0 Å². The second-order valence-electron chi connectivity index (χ2n) is 10.00. The Morgan fingerprint density at radius 3 is 2.50 bits per heavy atom. The molecule has 2 aliphatic rings. The molecule has 186 valence electrons. The van der Waals surface area contributed by atoms with Crippen LogP contribution in [0.5, 0.6) is 0 Å². The van der Waals surface area contributed by atoms with E-state index in [0.29, 0.717) is 35.7 Å². The molecule has 0 spiro atoms. The Balaban J connectivity index is 1.33. The molecular weight excluding hydrogens is 455 g/mol. The van der Waals surface area contributed by atoms with Gasteiger partial charge in [-0.1, -0.05) is 18.2 Å². The molecule has 7 heteroatoms. The molecule has 0 atom stereocenters. The molecule has 0 unspecified atom stereocenters. The van der Waals surface area contributed by atoms with Crippen LogP contribution in [0.1, 0.15) is 70.0 Å². The molecule has 1 N–H and O–H groups in total. The van der Waals surface area contributed by atoms with E-state index >= 15 is 4.39 Å². The number of H-pyrrole nitrogens is 1. The first-order valence-electron chi connectivity index (χ1n) is 12.6. The maximum Gasteiger partial charge on any atom is 0.254 e. The summed E-state index contributed by atoms with van der Waals surface area (Å²) in [6.07, 6.45) is 4.23. The SMILES string of the molecule is Cc1cc(C)c(-c2cnc(C3CCOCC3)[nH]2)cc1C(=O)N1CCC(F)(c2ccc(C#N)cc2)CC1. The summed E-state index contributed by atoms with van der Waals surface area (Å²) >= 11 is 0. The number of likely N-dealkylation sites (tertiary alicyclic amines) is 1. The third kappa shape index (κ3) is 4.66. The average Bonchev–Trinajstić information content (AvgIpc) is 3.39. The molecule has 2 saturated heterocycles. The van der Waals surface area contributed by atoms with E-state index in [1.807, 2.05) is 32.2 Å². The lowest BCUT2D eigenvalue weighted by Crippen LogP contribution is -2.43. The van der Waals surface area contributed by atoms with Gasteiger partial charge in [0.2, 0.25) is 0 Å². The molecule has 0 radical (unpaired) electrons. The molecule has 2 fully saturated rings. The van der Waals surface area contributed by atoms with Crippen LogP contribution in [0.2, 0.25) is 0 Å². The zero-order chi connectivity index (χ0) is 25.3. The molecule has 36 heavy (non-hydrogen) atoms. The number of carbonyl (C=O) groups excluding carboxylic acids is 1.